The molecule has 1 aliphatic rings. The molecule has 1 aromatic rings. The SMILES string of the molecule is Cc1ccc(Br)cc1CNCC1CNCCO1. The fraction of sp³-hybridized carbons (Fsp3) is 0.538. The summed E-state index contributed by atoms with van der Waals surface area (Å²) in [5, 5.41) is 6.79. The molecule has 0 bridgehead atoms. The van der Waals surface area contributed by atoms with Crippen LogP contribution in [0.15, 0.2) is 22.7 Å². The lowest BCUT2D eigenvalue weighted by atomic mass is 10.1. The van der Waals surface area contributed by atoms with Gasteiger partial charge in [0.2, 0.25) is 0 Å². The number of hydrogen-bond acceptors (Lipinski definition) is 3. The Hall–Kier alpha value is -0.420. The van der Waals surface area contributed by atoms with Crippen molar-refractivity contribution in [1.82, 2.24) is 10.6 Å². The molecule has 17 heavy (non-hydrogen) atoms. The summed E-state index contributed by atoms with van der Waals surface area (Å²) in [6.45, 7) is 6.68. The standard InChI is InChI=1S/C13H19BrN2O/c1-10-2-3-12(14)6-11(10)7-16-9-13-8-15-4-5-17-13/h2-3,6,13,15-16H,4-5,7-9H2,1H3. The van der Waals surface area contributed by atoms with Gasteiger partial charge in [-0.2, -0.15) is 0 Å². The minimum Gasteiger partial charge on any atom is -0.374 e. The Labute approximate surface area is 111 Å². The monoisotopic (exact) mass is 298 g/mol. The predicted molar refractivity (Wildman–Crippen MR) is 73.2 cm³/mol. The van der Waals surface area contributed by atoms with Gasteiger partial charge in [-0.3, -0.25) is 0 Å². The summed E-state index contributed by atoms with van der Waals surface area (Å²) in [6, 6.07) is 6.38. The van der Waals surface area contributed by atoms with E-state index in [4.69, 9.17) is 4.74 Å². The van der Waals surface area contributed by atoms with Gasteiger partial charge in [-0.15, -0.1) is 0 Å². The number of hydrogen-bond donors (Lipinski definition) is 2. The molecule has 1 aromatic carbocycles. The molecule has 1 atom stereocenters. The molecule has 0 aromatic heterocycles. The number of nitrogens with one attached hydrogen (secondary N) is 2. The molecule has 0 radical (unpaired) electrons. The highest BCUT2D eigenvalue weighted by Gasteiger charge is 2.12. The minimum absolute atomic E-state index is 0.302. The lowest BCUT2D eigenvalue weighted by molar-refractivity contribution is 0.0290. The van der Waals surface area contributed by atoms with Crippen LogP contribution in [0.2, 0.25) is 0 Å². The maximum atomic E-state index is 5.64. The van der Waals surface area contributed by atoms with Crippen LogP contribution in [0.25, 0.3) is 0 Å². The van der Waals surface area contributed by atoms with Gasteiger partial charge in [0.25, 0.3) is 0 Å². The molecule has 0 saturated carbocycles. The van der Waals surface area contributed by atoms with E-state index < -0.39 is 0 Å². The predicted octanol–water partition coefficient (Wildman–Crippen LogP) is 1.84. The van der Waals surface area contributed by atoms with Crippen molar-refractivity contribution >= 4 is 15.9 Å². The van der Waals surface area contributed by atoms with E-state index in [0.717, 1.165) is 37.3 Å². The molecule has 1 aliphatic heterocycles. The third kappa shape index (κ3) is 4.07. The fourth-order valence-electron chi connectivity index (χ4n) is 1.95. The second-order valence-corrected chi connectivity index (χ2v) is 5.31. The first-order chi connectivity index (χ1) is 8.25. The first-order valence-electron chi connectivity index (χ1n) is 6.04. The molecule has 2 N–H and O–H groups in total. The first kappa shape index (κ1) is 13.0. The van der Waals surface area contributed by atoms with Crippen LogP contribution in [-0.2, 0) is 11.3 Å². The van der Waals surface area contributed by atoms with Gasteiger partial charge in [-0.1, -0.05) is 22.0 Å². The van der Waals surface area contributed by atoms with Crippen LogP contribution in [0.1, 0.15) is 11.1 Å². The molecule has 1 heterocycles. The Balaban J connectivity index is 1.79. The number of ether oxygens (including phenoxy) is 1. The van der Waals surface area contributed by atoms with E-state index in [9.17, 15) is 0 Å². The van der Waals surface area contributed by atoms with Crippen LogP contribution in [0.5, 0.6) is 0 Å². The molecule has 1 unspecified atom stereocenters. The van der Waals surface area contributed by atoms with E-state index in [1.165, 1.54) is 11.1 Å². The zero-order valence-corrected chi connectivity index (χ0v) is 11.7. The third-order valence-electron chi connectivity index (χ3n) is 3.00. The van der Waals surface area contributed by atoms with Gasteiger partial charge in [0.1, 0.15) is 0 Å². The topological polar surface area (TPSA) is 33.3 Å². The van der Waals surface area contributed by atoms with Crippen molar-refractivity contribution in [2.45, 2.75) is 19.6 Å². The molecule has 94 valence electrons. The van der Waals surface area contributed by atoms with Crippen LogP contribution in [0.4, 0.5) is 0 Å². The number of morpholine rings is 1. The summed E-state index contributed by atoms with van der Waals surface area (Å²) in [6.07, 6.45) is 0.302. The second-order valence-electron chi connectivity index (χ2n) is 4.40. The number of halogens is 1. The Morgan fingerprint density at radius 2 is 2.41 bits per heavy atom. The number of aryl methyl sites for hydroxylation is 1. The van der Waals surface area contributed by atoms with Crippen LogP contribution in [0.3, 0.4) is 0 Å². The van der Waals surface area contributed by atoms with E-state index in [1.54, 1.807) is 0 Å². The van der Waals surface area contributed by atoms with Gasteiger partial charge in [-0.25, -0.2) is 0 Å². The highest BCUT2D eigenvalue weighted by molar-refractivity contribution is 9.10. The van der Waals surface area contributed by atoms with Gasteiger partial charge in [-0.05, 0) is 30.2 Å². The normalized spacial score (nSPS) is 20.5. The van der Waals surface area contributed by atoms with Gasteiger partial charge in [0.05, 0.1) is 12.7 Å². The molecular weight excluding hydrogens is 280 g/mol. The van der Waals surface area contributed by atoms with E-state index in [1.807, 2.05) is 0 Å². The molecule has 4 heteroatoms. The fourth-order valence-corrected chi connectivity index (χ4v) is 2.36. The minimum atomic E-state index is 0.302. The molecule has 2 rings (SSSR count). The Morgan fingerprint density at radius 1 is 1.53 bits per heavy atom. The van der Waals surface area contributed by atoms with Crippen LogP contribution >= 0.6 is 15.9 Å². The summed E-state index contributed by atoms with van der Waals surface area (Å²) >= 11 is 3.50. The first-order valence-corrected chi connectivity index (χ1v) is 6.83. The Bertz CT molecular complexity index is 364. The van der Waals surface area contributed by atoms with Crippen LogP contribution in [0, 0.1) is 6.92 Å². The summed E-state index contributed by atoms with van der Waals surface area (Å²) in [5.74, 6) is 0. The summed E-state index contributed by atoms with van der Waals surface area (Å²) < 4.78 is 6.77. The molecule has 0 amide bonds. The third-order valence-corrected chi connectivity index (χ3v) is 3.50. The lowest BCUT2D eigenvalue weighted by Gasteiger charge is -2.24. The van der Waals surface area contributed by atoms with Crippen molar-refractivity contribution in [3.05, 3.63) is 33.8 Å². The van der Waals surface area contributed by atoms with Crippen molar-refractivity contribution in [2.75, 3.05) is 26.2 Å². The number of benzene rings is 1. The van der Waals surface area contributed by atoms with Crippen molar-refractivity contribution in [1.29, 1.82) is 0 Å². The summed E-state index contributed by atoms with van der Waals surface area (Å²) in [4.78, 5) is 0. The van der Waals surface area contributed by atoms with E-state index in [0.29, 0.717) is 6.10 Å². The van der Waals surface area contributed by atoms with Gasteiger partial charge >= 0.3 is 0 Å². The quantitative estimate of drug-likeness (QED) is 0.890. The van der Waals surface area contributed by atoms with Crippen molar-refractivity contribution in [3.63, 3.8) is 0 Å². The Morgan fingerprint density at radius 3 is 3.18 bits per heavy atom. The van der Waals surface area contributed by atoms with Gasteiger partial charge in [0.15, 0.2) is 0 Å². The van der Waals surface area contributed by atoms with Gasteiger partial charge < -0.3 is 15.4 Å². The van der Waals surface area contributed by atoms with E-state index in [2.05, 4.69) is 51.7 Å². The maximum Gasteiger partial charge on any atom is 0.0824 e. The van der Waals surface area contributed by atoms with Crippen molar-refractivity contribution in [2.24, 2.45) is 0 Å². The average Bonchev–Trinajstić information content (AvgIpc) is 2.35. The second kappa shape index (κ2) is 6.50. The highest BCUT2D eigenvalue weighted by Crippen LogP contribution is 2.15. The summed E-state index contributed by atoms with van der Waals surface area (Å²) in [7, 11) is 0. The van der Waals surface area contributed by atoms with E-state index in [-0.39, 0.29) is 0 Å². The average molecular weight is 299 g/mol. The largest absolute Gasteiger partial charge is 0.374 e. The highest BCUT2D eigenvalue weighted by atomic mass is 79.9. The van der Waals surface area contributed by atoms with Gasteiger partial charge in [0, 0.05) is 30.7 Å². The molecular formula is C13H19BrN2O. The molecule has 3 nitrogen and oxygen atoms in total. The van der Waals surface area contributed by atoms with Crippen LogP contribution in [-0.4, -0.2) is 32.3 Å². The van der Waals surface area contributed by atoms with E-state index >= 15 is 0 Å². The zero-order chi connectivity index (χ0) is 12.1. The molecule has 1 saturated heterocycles. The number of rotatable bonds is 4. The zero-order valence-electron chi connectivity index (χ0n) is 10.1. The molecule has 1 fully saturated rings. The lowest BCUT2D eigenvalue weighted by Crippen LogP contribution is -2.43. The molecule has 0 aliphatic carbocycles. The maximum absolute atomic E-state index is 5.64. The van der Waals surface area contributed by atoms with Crippen molar-refractivity contribution in [3.8, 4) is 0 Å². The molecule has 0 spiro atoms. The Kier molecular flexibility index (Phi) is 4.98. The smallest absolute Gasteiger partial charge is 0.0824 e. The van der Waals surface area contributed by atoms with Crippen LogP contribution < -0.4 is 10.6 Å². The summed E-state index contributed by atoms with van der Waals surface area (Å²) in [5.41, 5.74) is 2.66. The van der Waals surface area contributed by atoms with Crippen molar-refractivity contribution < 1.29 is 4.74 Å².